The Kier molecular flexibility index (Phi) is 1.24. The van der Waals surface area contributed by atoms with Gasteiger partial charge in [-0.1, -0.05) is 13.8 Å². The second kappa shape index (κ2) is 2.02. The van der Waals surface area contributed by atoms with Gasteiger partial charge < -0.3 is 0 Å². The predicted molar refractivity (Wildman–Crippen MR) is 51.3 cm³/mol. The third-order valence-electron chi connectivity index (χ3n) is 5.67. The van der Waals surface area contributed by atoms with Gasteiger partial charge in [0.25, 0.3) is 0 Å². The van der Waals surface area contributed by atoms with Crippen molar-refractivity contribution in [2.24, 2.45) is 22.7 Å². The Labute approximate surface area is 79.9 Å². The van der Waals surface area contributed by atoms with E-state index in [4.69, 9.17) is 0 Å². The molecule has 0 amide bonds. The second-order valence-corrected chi connectivity index (χ2v) is 5.93. The molecular formula is C12H18O. The Morgan fingerprint density at radius 1 is 1.08 bits per heavy atom. The van der Waals surface area contributed by atoms with Crippen molar-refractivity contribution in [2.45, 2.75) is 46.0 Å². The van der Waals surface area contributed by atoms with Crippen molar-refractivity contribution in [1.82, 2.24) is 0 Å². The summed E-state index contributed by atoms with van der Waals surface area (Å²) in [4.78, 5) is 11.6. The normalized spacial score (nSPS) is 58.8. The highest BCUT2D eigenvalue weighted by Crippen LogP contribution is 2.71. The molecule has 1 heteroatoms. The minimum absolute atomic E-state index is 0.382. The molecule has 0 aromatic heterocycles. The van der Waals surface area contributed by atoms with Crippen LogP contribution in [0.2, 0.25) is 0 Å². The van der Waals surface area contributed by atoms with E-state index in [-0.39, 0.29) is 0 Å². The van der Waals surface area contributed by atoms with Gasteiger partial charge in [-0.3, -0.25) is 4.79 Å². The summed E-state index contributed by atoms with van der Waals surface area (Å²) in [7, 11) is 0. The molecule has 2 bridgehead atoms. The Balaban J connectivity index is 2.10. The van der Waals surface area contributed by atoms with Crippen molar-refractivity contribution in [1.29, 1.82) is 0 Å². The molecule has 0 aromatic rings. The van der Waals surface area contributed by atoms with Crippen LogP contribution in [0.15, 0.2) is 0 Å². The number of hydrogen-bond donors (Lipinski definition) is 0. The van der Waals surface area contributed by atoms with Crippen molar-refractivity contribution in [2.75, 3.05) is 0 Å². The molecule has 3 rings (SSSR count). The lowest BCUT2D eigenvalue weighted by atomic mass is 9.60. The van der Waals surface area contributed by atoms with Gasteiger partial charge in [0, 0.05) is 12.8 Å². The van der Waals surface area contributed by atoms with Crippen molar-refractivity contribution in [3.8, 4) is 0 Å². The van der Waals surface area contributed by atoms with E-state index in [0.717, 1.165) is 24.7 Å². The molecule has 1 nitrogen and oxygen atoms in total. The van der Waals surface area contributed by atoms with Crippen LogP contribution in [-0.4, -0.2) is 5.78 Å². The number of carbonyl (C=O) groups excluding carboxylic acids is 1. The number of fused-ring (bicyclic) bond motifs is 5. The fourth-order valence-corrected chi connectivity index (χ4v) is 4.65. The molecule has 0 radical (unpaired) electrons. The first kappa shape index (κ1) is 8.02. The van der Waals surface area contributed by atoms with Crippen molar-refractivity contribution >= 4 is 5.78 Å². The molecule has 3 aliphatic carbocycles. The standard InChI is InChI=1S/C12H18O/c1-11-6-10(13)7-12(11,2)9-4-3-8(11)5-9/h8-9H,3-7H2,1-2H3/t8-,9-,11-,12+/m0/s1. The molecule has 3 fully saturated rings. The number of carbonyl (C=O) groups is 1. The number of rotatable bonds is 0. The first-order chi connectivity index (χ1) is 6.06. The van der Waals surface area contributed by atoms with Crippen molar-refractivity contribution in [3.63, 3.8) is 0 Å². The lowest BCUT2D eigenvalue weighted by Crippen LogP contribution is -2.37. The van der Waals surface area contributed by atoms with Gasteiger partial charge in [-0.05, 0) is 41.9 Å². The first-order valence-corrected chi connectivity index (χ1v) is 5.58. The third-order valence-corrected chi connectivity index (χ3v) is 5.67. The average molecular weight is 178 g/mol. The molecular weight excluding hydrogens is 160 g/mol. The summed E-state index contributed by atoms with van der Waals surface area (Å²) in [6.45, 7) is 4.75. The van der Waals surface area contributed by atoms with E-state index in [0.29, 0.717) is 16.6 Å². The van der Waals surface area contributed by atoms with E-state index in [1.54, 1.807) is 0 Å². The lowest BCUT2D eigenvalue weighted by molar-refractivity contribution is -0.118. The lowest BCUT2D eigenvalue weighted by Gasteiger charge is -2.44. The molecule has 4 atom stereocenters. The fraction of sp³-hybridized carbons (Fsp3) is 0.917. The number of hydrogen-bond acceptors (Lipinski definition) is 1. The zero-order valence-corrected chi connectivity index (χ0v) is 8.60. The van der Waals surface area contributed by atoms with Crippen molar-refractivity contribution < 1.29 is 4.79 Å². The maximum Gasteiger partial charge on any atom is 0.134 e. The largest absolute Gasteiger partial charge is 0.300 e. The zero-order chi connectivity index (χ0) is 9.27. The van der Waals surface area contributed by atoms with Crippen LogP contribution >= 0.6 is 0 Å². The average Bonchev–Trinajstić information content (AvgIpc) is 2.59. The topological polar surface area (TPSA) is 17.1 Å². The van der Waals surface area contributed by atoms with Gasteiger partial charge in [-0.2, -0.15) is 0 Å². The molecule has 0 N–H and O–H groups in total. The molecule has 3 aliphatic rings. The predicted octanol–water partition coefficient (Wildman–Crippen LogP) is 2.79. The molecule has 0 heterocycles. The highest BCUT2D eigenvalue weighted by molar-refractivity contribution is 5.83. The molecule has 0 aromatic carbocycles. The van der Waals surface area contributed by atoms with Gasteiger partial charge in [0.1, 0.15) is 5.78 Å². The van der Waals surface area contributed by atoms with Gasteiger partial charge in [0.15, 0.2) is 0 Å². The second-order valence-electron chi connectivity index (χ2n) is 5.93. The molecule has 0 spiro atoms. The fourth-order valence-electron chi connectivity index (χ4n) is 4.65. The molecule has 0 saturated heterocycles. The molecule has 3 saturated carbocycles. The van der Waals surface area contributed by atoms with E-state index in [9.17, 15) is 4.79 Å². The van der Waals surface area contributed by atoms with Crippen LogP contribution in [0.25, 0.3) is 0 Å². The summed E-state index contributed by atoms with van der Waals surface area (Å²) in [6, 6.07) is 0. The van der Waals surface area contributed by atoms with Crippen molar-refractivity contribution in [3.05, 3.63) is 0 Å². The minimum atomic E-state index is 0.382. The summed E-state index contributed by atoms with van der Waals surface area (Å²) < 4.78 is 0. The van der Waals surface area contributed by atoms with Gasteiger partial charge in [0.05, 0.1) is 0 Å². The zero-order valence-electron chi connectivity index (χ0n) is 8.60. The van der Waals surface area contributed by atoms with E-state index in [1.807, 2.05) is 0 Å². The first-order valence-electron chi connectivity index (χ1n) is 5.58. The van der Waals surface area contributed by atoms with Crippen LogP contribution in [0.4, 0.5) is 0 Å². The molecule has 72 valence electrons. The minimum Gasteiger partial charge on any atom is -0.300 e. The third kappa shape index (κ3) is 0.693. The highest BCUT2D eigenvalue weighted by Gasteiger charge is 2.66. The summed E-state index contributed by atoms with van der Waals surface area (Å²) in [6.07, 6.45) is 5.96. The SMILES string of the molecule is C[C@@]12CC(=O)C[C@]1(C)[C@H]1CC[C@H]2C1. The molecule has 0 aliphatic heterocycles. The van der Waals surface area contributed by atoms with E-state index >= 15 is 0 Å². The summed E-state index contributed by atoms with van der Waals surface area (Å²) in [5.74, 6) is 2.27. The Bertz CT molecular complexity index is 257. The molecule has 0 unspecified atom stereocenters. The maximum atomic E-state index is 11.6. The van der Waals surface area contributed by atoms with E-state index in [2.05, 4.69) is 13.8 Å². The summed E-state index contributed by atoms with van der Waals surface area (Å²) in [5, 5.41) is 0. The van der Waals surface area contributed by atoms with Gasteiger partial charge >= 0.3 is 0 Å². The summed E-state index contributed by atoms with van der Waals surface area (Å²) >= 11 is 0. The van der Waals surface area contributed by atoms with Gasteiger partial charge in [-0.15, -0.1) is 0 Å². The van der Waals surface area contributed by atoms with Crippen LogP contribution in [-0.2, 0) is 4.79 Å². The van der Waals surface area contributed by atoms with Crippen LogP contribution in [0.5, 0.6) is 0 Å². The highest BCUT2D eigenvalue weighted by atomic mass is 16.1. The smallest absolute Gasteiger partial charge is 0.134 e. The number of Topliss-reactive ketones (excluding diaryl/α,β-unsaturated/α-hetero) is 1. The van der Waals surface area contributed by atoms with Crippen LogP contribution < -0.4 is 0 Å². The van der Waals surface area contributed by atoms with Crippen LogP contribution in [0.3, 0.4) is 0 Å². The van der Waals surface area contributed by atoms with Gasteiger partial charge in [-0.25, -0.2) is 0 Å². The summed E-state index contributed by atoms with van der Waals surface area (Å²) in [5.41, 5.74) is 0.764. The Morgan fingerprint density at radius 2 is 1.54 bits per heavy atom. The van der Waals surface area contributed by atoms with E-state index < -0.39 is 0 Å². The Hall–Kier alpha value is -0.330. The van der Waals surface area contributed by atoms with Gasteiger partial charge in [0.2, 0.25) is 0 Å². The van der Waals surface area contributed by atoms with Crippen LogP contribution in [0.1, 0.15) is 46.0 Å². The number of ketones is 1. The Morgan fingerprint density at radius 3 is 2.00 bits per heavy atom. The monoisotopic (exact) mass is 178 g/mol. The van der Waals surface area contributed by atoms with Crippen LogP contribution in [0, 0.1) is 22.7 Å². The quantitative estimate of drug-likeness (QED) is 0.557. The van der Waals surface area contributed by atoms with E-state index in [1.165, 1.54) is 19.3 Å². The maximum absolute atomic E-state index is 11.6. The molecule has 13 heavy (non-hydrogen) atoms.